The van der Waals surface area contributed by atoms with Gasteiger partial charge in [0, 0.05) is 19.1 Å². The minimum atomic E-state index is -0.0677. The number of carbonyl (C=O) groups excluding carboxylic acids is 1. The minimum Gasteiger partial charge on any atom is -0.348 e. The van der Waals surface area contributed by atoms with Crippen molar-refractivity contribution in [2.75, 3.05) is 0 Å². The van der Waals surface area contributed by atoms with Crippen LogP contribution in [-0.2, 0) is 7.05 Å². The molecule has 0 spiro atoms. The second kappa shape index (κ2) is 3.42. The number of hydrogen-bond acceptors (Lipinski definition) is 3. The highest BCUT2D eigenvalue weighted by atomic mass is 16.2. The van der Waals surface area contributed by atoms with Crippen molar-refractivity contribution in [1.29, 1.82) is 0 Å². The van der Waals surface area contributed by atoms with Gasteiger partial charge in [-0.3, -0.25) is 4.79 Å². The number of hydrogen-bond donors (Lipinski definition) is 2. The molecule has 76 valence electrons. The van der Waals surface area contributed by atoms with Gasteiger partial charge in [0.15, 0.2) is 0 Å². The van der Waals surface area contributed by atoms with E-state index in [0.29, 0.717) is 5.69 Å². The largest absolute Gasteiger partial charge is 0.348 e. The number of amides is 1. The normalized spacial score (nSPS) is 25.6. The van der Waals surface area contributed by atoms with Gasteiger partial charge in [0.2, 0.25) is 0 Å². The number of aryl methyl sites for hydroxylation is 1. The van der Waals surface area contributed by atoms with Crippen LogP contribution >= 0.6 is 0 Å². The zero-order valence-electron chi connectivity index (χ0n) is 8.10. The van der Waals surface area contributed by atoms with E-state index in [-0.39, 0.29) is 18.0 Å². The predicted molar refractivity (Wildman–Crippen MR) is 51.7 cm³/mol. The Bertz CT molecular complexity index is 340. The molecule has 1 aliphatic rings. The number of aromatic nitrogens is 2. The lowest BCUT2D eigenvalue weighted by molar-refractivity contribution is 0.0902. The Hall–Kier alpha value is -1.36. The van der Waals surface area contributed by atoms with Gasteiger partial charge in [0.1, 0.15) is 5.69 Å². The van der Waals surface area contributed by atoms with E-state index in [1.807, 2.05) is 0 Å². The van der Waals surface area contributed by atoms with Gasteiger partial charge in [0.05, 0.1) is 12.5 Å². The second-order valence-electron chi connectivity index (χ2n) is 3.79. The monoisotopic (exact) mass is 194 g/mol. The Labute approximate surface area is 82.3 Å². The van der Waals surface area contributed by atoms with Gasteiger partial charge in [0.25, 0.3) is 5.91 Å². The van der Waals surface area contributed by atoms with Crippen LogP contribution in [0.2, 0.25) is 0 Å². The highest BCUT2D eigenvalue weighted by Crippen LogP contribution is 2.17. The first-order valence-electron chi connectivity index (χ1n) is 4.69. The average Bonchev–Trinajstić information content (AvgIpc) is 2.48. The summed E-state index contributed by atoms with van der Waals surface area (Å²) < 4.78 is 1.70. The van der Waals surface area contributed by atoms with Crippen LogP contribution in [-0.4, -0.2) is 27.5 Å². The van der Waals surface area contributed by atoms with Gasteiger partial charge < -0.3 is 15.6 Å². The lowest BCUT2D eigenvalue weighted by atomic mass is 9.87. The van der Waals surface area contributed by atoms with E-state index in [9.17, 15) is 4.79 Å². The summed E-state index contributed by atoms with van der Waals surface area (Å²) >= 11 is 0. The van der Waals surface area contributed by atoms with Crippen LogP contribution in [0.15, 0.2) is 12.5 Å². The molecule has 0 atom stereocenters. The Morgan fingerprint density at radius 1 is 1.71 bits per heavy atom. The summed E-state index contributed by atoms with van der Waals surface area (Å²) in [6.45, 7) is 0. The molecule has 0 aliphatic heterocycles. The molecule has 5 heteroatoms. The third-order valence-corrected chi connectivity index (χ3v) is 2.56. The van der Waals surface area contributed by atoms with Gasteiger partial charge in [-0.05, 0) is 12.8 Å². The van der Waals surface area contributed by atoms with Crippen molar-refractivity contribution in [3.05, 3.63) is 18.2 Å². The third-order valence-electron chi connectivity index (χ3n) is 2.56. The van der Waals surface area contributed by atoms with E-state index >= 15 is 0 Å². The summed E-state index contributed by atoms with van der Waals surface area (Å²) in [5.74, 6) is -0.0677. The maximum Gasteiger partial charge on any atom is 0.269 e. The van der Waals surface area contributed by atoms with E-state index in [1.165, 1.54) is 0 Å². The highest BCUT2D eigenvalue weighted by molar-refractivity contribution is 5.92. The molecule has 3 N–H and O–H groups in total. The Morgan fingerprint density at radius 2 is 2.43 bits per heavy atom. The van der Waals surface area contributed by atoms with Gasteiger partial charge in [-0.15, -0.1) is 0 Å². The number of nitrogens with two attached hydrogens (primary N) is 1. The van der Waals surface area contributed by atoms with E-state index in [1.54, 1.807) is 24.1 Å². The number of rotatable bonds is 2. The molecule has 0 radical (unpaired) electrons. The SMILES string of the molecule is Cn1cncc1C(=O)NC1CC(N)C1. The quantitative estimate of drug-likeness (QED) is 0.675. The van der Waals surface area contributed by atoms with Gasteiger partial charge in [-0.2, -0.15) is 0 Å². The third kappa shape index (κ3) is 1.63. The lowest BCUT2D eigenvalue weighted by Gasteiger charge is -2.32. The summed E-state index contributed by atoms with van der Waals surface area (Å²) in [7, 11) is 1.80. The molecule has 1 saturated carbocycles. The Morgan fingerprint density at radius 3 is 2.93 bits per heavy atom. The molecule has 0 saturated heterocycles. The highest BCUT2D eigenvalue weighted by Gasteiger charge is 2.27. The van der Waals surface area contributed by atoms with Crippen LogP contribution in [0.3, 0.4) is 0 Å². The smallest absolute Gasteiger partial charge is 0.269 e. The minimum absolute atomic E-state index is 0.0677. The number of imidazole rings is 1. The van der Waals surface area contributed by atoms with E-state index < -0.39 is 0 Å². The fourth-order valence-corrected chi connectivity index (χ4v) is 1.62. The molecule has 0 aromatic carbocycles. The van der Waals surface area contributed by atoms with Crippen molar-refractivity contribution in [3.63, 3.8) is 0 Å². The zero-order valence-corrected chi connectivity index (χ0v) is 8.10. The Balaban J connectivity index is 1.93. The maximum absolute atomic E-state index is 11.6. The fraction of sp³-hybridized carbons (Fsp3) is 0.556. The molecule has 0 unspecified atom stereocenters. The molecule has 0 bridgehead atoms. The van der Waals surface area contributed by atoms with Crippen molar-refractivity contribution in [1.82, 2.24) is 14.9 Å². The summed E-state index contributed by atoms with van der Waals surface area (Å²) in [6, 6.07) is 0.499. The molecule has 1 fully saturated rings. The maximum atomic E-state index is 11.6. The second-order valence-corrected chi connectivity index (χ2v) is 3.79. The summed E-state index contributed by atoms with van der Waals surface area (Å²) in [4.78, 5) is 15.5. The van der Waals surface area contributed by atoms with Crippen LogP contribution in [0.5, 0.6) is 0 Å². The van der Waals surface area contributed by atoms with Crippen molar-refractivity contribution in [2.24, 2.45) is 12.8 Å². The predicted octanol–water partition coefficient (Wildman–Crippen LogP) is -0.360. The molecule has 1 aliphatic carbocycles. The molecule has 14 heavy (non-hydrogen) atoms. The number of carbonyl (C=O) groups is 1. The van der Waals surface area contributed by atoms with E-state index in [4.69, 9.17) is 5.73 Å². The summed E-state index contributed by atoms with van der Waals surface area (Å²) in [5.41, 5.74) is 6.21. The number of nitrogens with one attached hydrogen (secondary N) is 1. The van der Waals surface area contributed by atoms with Gasteiger partial charge in [-0.1, -0.05) is 0 Å². The molecule has 1 amide bonds. The van der Waals surface area contributed by atoms with E-state index in [2.05, 4.69) is 10.3 Å². The fourth-order valence-electron chi connectivity index (χ4n) is 1.62. The van der Waals surface area contributed by atoms with Gasteiger partial charge in [-0.25, -0.2) is 4.98 Å². The van der Waals surface area contributed by atoms with Crippen LogP contribution in [0.1, 0.15) is 23.3 Å². The standard InChI is InChI=1S/C9H14N4O/c1-13-5-11-4-8(13)9(14)12-7-2-6(10)3-7/h4-7H,2-3,10H2,1H3,(H,12,14). The average molecular weight is 194 g/mol. The topological polar surface area (TPSA) is 72.9 Å². The molecule has 2 rings (SSSR count). The lowest BCUT2D eigenvalue weighted by Crippen LogP contribution is -2.50. The van der Waals surface area contributed by atoms with Crippen molar-refractivity contribution >= 4 is 5.91 Å². The molecular weight excluding hydrogens is 180 g/mol. The molecular formula is C9H14N4O. The molecule has 1 aromatic heterocycles. The van der Waals surface area contributed by atoms with Crippen molar-refractivity contribution < 1.29 is 4.79 Å². The number of nitrogens with zero attached hydrogens (tertiary/aromatic N) is 2. The van der Waals surface area contributed by atoms with Crippen LogP contribution in [0.4, 0.5) is 0 Å². The van der Waals surface area contributed by atoms with Crippen molar-refractivity contribution in [2.45, 2.75) is 24.9 Å². The first-order chi connectivity index (χ1) is 6.66. The van der Waals surface area contributed by atoms with Crippen LogP contribution in [0.25, 0.3) is 0 Å². The first kappa shape index (κ1) is 9.21. The Kier molecular flexibility index (Phi) is 2.25. The van der Waals surface area contributed by atoms with Gasteiger partial charge >= 0.3 is 0 Å². The zero-order chi connectivity index (χ0) is 10.1. The summed E-state index contributed by atoms with van der Waals surface area (Å²) in [5, 5.41) is 2.91. The molecule has 1 heterocycles. The first-order valence-corrected chi connectivity index (χ1v) is 4.69. The van der Waals surface area contributed by atoms with Crippen LogP contribution < -0.4 is 11.1 Å². The van der Waals surface area contributed by atoms with Crippen molar-refractivity contribution in [3.8, 4) is 0 Å². The van der Waals surface area contributed by atoms with Crippen LogP contribution in [0, 0.1) is 0 Å². The van der Waals surface area contributed by atoms with E-state index in [0.717, 1.165) is 12.8 Å². The molecule has 5 nitrogen and oxygen atoms in total. The summed E-state index contributed by atoms with van der Waals surface area (Å²) in [6.07, 6.45) is 4.93. The molecule has 1 aromatic rings.